The van der Waals surface area contributed by atoms with E-state index in [-0.39, 0.29) is 52.3 Å². The molecule has 28 heavy (non-hydrogen) atoms. The molecule has 2 aromatic rings. The van der Waals surface area contributed by atoms with Crippen LogP contribution in [0.2, 0.25) is 0 Å². The maximum Gasteiger partial charge on any atom is 0.339 e. The molecule has 0 aliphatic carbocycles. The molecular formula is C19H28MgNO7+. The highest BCUT2D eigenvalue weighted by molar-refractivity contribution is 5.91. The fraction of sp³-hybridized carbons (Fsp3) is 0.263. The molecule has 0 fully saturated rings. The topological polar surface area (TPSA) is 135 Å². The number of nitrogens with zero attached hydrogens (tertiary/aromatic N) is 1. The fourth-order valence-corrected chi connectivity index (χ4v) is 1.61. The van der Waals surface area contributed by atoms with Crippen LogP contribution in [0.5, 0.6) is 11.5 Å². The van der Waals surface area contributed by atoms with Gasteiger partial charge in [-0.3, -0.25) is 0 Å². The van der Waals surface area contributed by atoms with Gasteiger partial charge < -0.3 is 30.0 Å². The Kier molecular flexibility index (Phi) is 13.7. The van der Waals surface area contributed by atoms with E-state index in [1.54, 1.807) is 24.3 Å². The van der Waals surface area contributed by atoms with Gasteiger partial charge in [0, 0.05) is 0 Å². The van der Waals surface area contributed by atoms with Crippen molar-refractivity contribution < 1.29 is 39.6 Å². The van der Waals surface area contributed by atoms with Gasteiger partial charge in [-0.05, 0) is 24.3 Å². The van der Waals surface area contributed by atoms with Gasteiger partial charge in [-0.2, -0.15) is 0 Å². The van der Waals surface area contributed by atoms with E-state index in [2.05, 4.69) is 21.1 Å². The summed E-state index contributed by atoms with van der Waals surface area (Å²) >= 11 is 0. The number of carboxylic acid groups (broad SMARTS) is 2. The number of quaternary nitrogens is 1. The Hall–Kier alpha value is -2.33. The van der Waals surface area contributed by atoms with Gasteiger partial charge in [-0.25, -0.2) is 9.59 Å². The number of carbonyl (C=O) groups is 2. The molecule has 0 aromatic heterocycles. The van der Waals surface area contributed by atoms with Crippen LogP contribution in [-0.2, 0) is 0 Å². The number of aliphatic hydroxyl groups is 1. The highest BCUT2D eigenvalue weighted by atomic mass is 24.3. The van der Waals surface area contributed by atoms with Gasteiger partial charge in [-0.15, -0.1) is 0 Å². The molecule has 0 saturated heterocycles. The van der Waals surface area contributed by atoms with E-state index in [1.807, 2.05) is 0 Å². The molecule has 152 valence electrons. The minimum Gasteiger partial charge on any atom is -0.507 e. The Morgan fingerprint density at radius 1 is 0.786 bits per heavy atom. The third kappa shape index (κ3) is 12.1. The fourth-order valence-electron chi connectivity index (χ4n) is 1.61. The molecule has 0 radical (unpaired) electrons. The molecule has 0 amide bonds. The third-order valence-electron chi connectivity index (χ3n) is 3.04. The minimum atomic E-state index is -1.11. The second-order valence-electron chi connectivity index (χ2n) is 6.38. The quantitative estimate of drug-likeness (QED) is 0.377. The van der Waals surface area contributed by atoms with E-state index in [0.717, 1.165) is 11.0 Å². The van der Waals surface area contributed by atoms with Gasteiger partial charge in [0.05, 0.1) is 27.7 Å². The number of hydrogen-bond donors (Lipinski definition) is 5. The first kappa shape index (κ1) is 27.9. The first-order valence-electron chi connectivity index (χ1n) is 7.93. The Bertz CT molecular complexity index is 690. The van der Waals surface area contributed by atoms with Gasteiger partial charge in [0.1, 0.15) is 29.2 Å². The monoisotopic (exact) mass is 406 g/mol. The van der Waals surface area contributed by atoms with Crippen LogP contribution in [0.15, 0.2) is 48.5 Å². The number of para-hydroxylation sites is 2. The standard InChI is InChI=1S/2C7H6O3.C5H14NO.Mg.2H/c2*8-6-4-2-1-3-5(6)7(9)10;1-6(2,3)4-5-7;;;/h2*1-4,8H,(H,9,10);7H,4-5H2,1-3H3;;;/q;;+1;;;. The van der Waals surface area contributed by atoms with Crippen LogP contribution in [0.25, 0.3) is 0 Å². The molecule has 2 aromatic carbocycles. The summed E-state index contributed by atoms with van der Waals surface area (Å²) < 4.78 is 0.844. The molecule has 0 heterocycles. The summed E-state index contributed by atoms with van der Waals surface area (Å²) in [6.45, 7) is 1.11. The van der Waals surface area contributed by atoms with Crippen LogP contribution in [0.1, 0.15) is 20.7 Å². The summed E-state index contributed by atoms with van der Waals surface area (Å²) in [5, 5.41) is 43.0. The van der Waals surface area contributed by atoms with Gasteiger partial charge in [0.25, 0.3) is 0 Å². The van der Waals surface area contributed by atoms with Crippen LogP contribution in [0, 0.1) is 0 Å². The first-order chi connectivity index (χ1) is 12.5. The molecule has 0 bridgehead atoms. The van der Waals surface area contributed by atoms with Crippen molar-refractivity contribution in [2.45, 2.75) is 0 Å². The molecule has 5 N–H and O–H groups in total. The number of aliphatic hydroxyl groups excluding tert-OH is 1. The number of hydrogen-bond acceptors (Lipinski definition) is 5. The molecule has 0 aliphatic rings. The molecule has 9 heteroatoms. The molecule has 0 aliphatic heterocycles. The number of carboxylic acids is 2. The normalized spacial score (nSPS) is 9.57. The van der Waals surface area contributed by atoms with Crippen molar-refractivity contribution in [1.29, 1.82) is 0 Å². The van der Waals surface area contributed by atoms with E-state index < -0.39 is 11.9 Å². The largest absolute Gasteiger partial charge is 0.507 e. The van der Waals surface area contributed by atoms with Crippen LogP contribution in [0.3, 0.4) is 0 Å². The van der Waals surface area contributed by atoms with Gasteiger partial charge in [0.15, 0.2) is 0 Å². The second kappa shape index (κ2) is 13.8. The molecule has 0 saturated carbocycles. The number of aromatic carboxylic acids is 2. The van der Waals surface area contributed by atoms with Gasteiger partial charge in [0.2, 0.25) is 0 Å². The molecular weight excluding hydrogens is 379 g/mol. The first-order valence-corrected chi connectivity index (χ1v) is 7.93. The van der Waals surface area contributed by atoms with E-state index in [9.17, 15) is 9.59 Å². The average molecular weight is 407 g/mol. The number of benzene rings is 2. The highest BCUT2D eigenvalue weighted by Gasteiger charge is 2.06. The number of likely N-dealkylation sites (N-methyl/N-ethyl adjacent to an activating group) is 1. The van der Waals surface area contributed by atoms with Crippen molar-refractivity contribution in [1.82, 2.24) is 0 Å². The van der Waals surface area contributed by atoms with Crippen LogP contribution < -0.4 is 0 Å². The maximum absolute atomic E-state index is 10.3. The van der Waals surface area contributed by atoms with Crippen molar-refractivity contribution in [3.8, 4) is 11.5 Å². The van der Waals surface area contributed by atoms with Crippen molar-refractivity contribution in [2.75, 3.05) is 34.3 Å². The SMILES string of the molecule is C[N+](C)(C)CCO.O=C(O)c1ccccc1O.O=C(O)c1ccccc1O.[MgH2]. The summed E-state index contributed by atoms with van der Waals surface area (Å²) in [7, 11) is 6.16. The Morgan fingerprint density at radius 2 is 1.11 bits per heavy atom. The van der Waals surface area contributed by atoms with Crippen molar-refractivity contribution in [2.24, 2.45) is 0 Å². The summed E-state index contributed by atoms with van der Waals surface area (Å²) in [6, 6.07) is 11.6. The van der Waals surface area contributed by atoms with Crippen LogP contribution in [-0.4, -0.2) is 99.3 Å². The van der Waals surface area contributed by atoms with E-state index in [0.29, 0.717) is 0 Å². The van der Waals surface area contributed by atoms with Crippen molar-refractivity contribution in [3.63, 3.8) is 0 Å². The van der Waals surface area contributed by atoms with E-state index >= 15 is 0 Å². The zero-order valence-corrected chi connectivity index (χ0v) is 15.5. The van der Waals surface area contributed by atoms with Gasteiger partial charge in [-0.1, -0.05) is 24.3 Å². The Balaban J connectivity index is 0. The highest BCUT2D eigenvalue weighted by Crippen LogP contribution is 2.15. The number of rotatable bonds is 4. The Labute approximate surface area is 180 Å². The predicted octanol–water partition coefficient (Wildman–Crippen LogP) is 0.949. The summed E-state index contributed by atoms with van der Waals surface area (Å²) in [5.41, 5.74) is -0.134. The van der Waals surface area contributed by atoms with E-state index in [1.165, 1.54) is 24.3 Å². The lowest BCUT2D eigenvalue weighted by Gasteiger charge is -2.21. The second-order valence-corrected chi connectivity index (χ2v) is 6.38. The molecule has 0 atom stereocenters. The number of aromatic hydroxyl groups is 2. The predicted molar refractivity (Wildman–Crippen MR) is 109 cm³/mol. The lowest BCUT2D eigenvalue weighted by atomic mass is 10.2. The van der Waals surface area contributed by atoms with E-state index in [4.69, 9.17) is 25.5 Å². The summed E-state index contributed by atoms with van der Waals surface area (Å²) in [4.78, 5) is 20.5. The van der Waals surface area contributed by atoms with Gasteiger partial charge >= 0.3 is 35.0 Å². The number of phenols is 2. The lowest BCUT2D eigenvalue weighted by molar-refractivity contribution is -0.870. The molecule has 8 nitrogen and oxygen atoms in total. The van der Waals surface area contributed by atoms with Crippen molar-refractivity contribution >= 4 is 35.0 Å². The molecule has 2 rings (SSSR count). The zero-order valence-electron chi connectivity index (χ0n) is 15.5. The smallest absolute Gasteiger partial charge is 0.339 e. The van der Waals surface area contributed by atoms with Crippen molar-refractivity contribution in [3.05, 3.63) is 59.7 Å². The van der Waals surface area contributed by atoms with Crippen LogP contribution >= 0.6 is 0 Å². The molecule has 0 spiro atoms. The minimum absolute atomic E-state index is 0. The molecule has 0 unspecified atom stereocenters. The zero-order chi connectivity index (χ0) is 21.0. The summed E-state index contributed by atoms with van der Waals surface area (Å²) in [5.74, 6) is -2.62. The maximum atomic E-state index is 10.3. The summed E-state index contributed by atoms with van der Waals surface area (Å²) in [6.07, 6.45) is 0. The third-order valence-corrected chi connectivity index (χ3v) is 3.04. The lowest BCUT2D eigenvalue weighted by Crippen LogP contribution is -2.36. The average Bonchev–Trinajstić information content (AvgIpc) is 2.55. The van der Waals surface area contributed by atoms with Crippen LogP contribution in [0.4, 0.5) is 0 Å². The Morgan fingerprint density at radius 3 is 1.25 bits per heavy atom.